The van der Waals surface area contributed by atoms with Crippen LogP contribution in [-0.2, 0) is 4.79 Å². The van der Waals surface area contributed by atoms with Crippen molar-refractivity contribution in [2.24, 2.45) is 5.92 Å². The van der Waals surface area contributed by atoms with Gasteiger partial charge in [0.05, 0.1) is 11.5 Å². The fourth-order valence-corrected chi connectivity index (χ4v) is 2.35. The van der Waals surface area contributed by atoms with Crippen LogP contribution in [0.1, 0.15) is 31.2 Å². The van der Waals surface area contributed by atoms with Gasteiger partial charge in [0.15, 0.2) is 0 Å². The van der Waals surface area contributed by atoms with Gasteiger partial charge in [-0.05, 0) is 31.4 Å². The van der Waals surface area contributed by atoms with Crippen molar-refractivity contribution in [1.82, 2.24) is 4.98 Å². The van der Waals surface area contributed by atoms with Crippen LogP contribution in [0.25, 0.3) is 0 Å². The third kappa shape index (κ3) is 2.77. The monoisotopic (exact) mass is 245 g/mol. The van der Waals surface area contributed by atoms with Gasteiger partial charge in [0.25, 0.3) is 0 Å². The molecule has 5 heteroatoms. The lowest BCUT2D eigenvalue weighted by Gasteiger charge is -2.27. The molecule has 1 aromatic rings. The number of anilines is 1. The number of carbonyl (C=O) groups is 1. The van der Waals surface area contributed by atoms with Crippen molar-refractivity contribution in [2.75, 3.05) is 5.32 Å². The van der Waals surface area contributed by atoms with E-state index in [9.17, 15) is 4.79 Å². The second-order valence-electron chi connectivity index (χ2n) is 4.55. The van der Waals surface area contributed by atoms with Gasteiger partial charge >= 0.3 is 5.97 Å². The Morgan fingerprint density at radius 3 is 3.11 bits per heavy atom. The first kappa shape index (κ1) is 12.4. The smallest absolute Gasteiger partial charge is 0.306 e. The number of rotatable bonds is 3. The summed E-state index contributed by atoms with van der Waals surface area (Å²) in [6.45, 7) is 0. The Kier molecular flexibility index (Phi) is 3.78. The Balaban J connectivity index is 2.05. The number of carboxylic acids is 1. The molecule has 1 aliphatic rings. The molecule has 94 valence electrons. The van der Waals surface area contributed by atoms with Gasteiger partial charge in [-0.2, -0.15) is 5.26 Å². The number of carboxylic acid groups (broad SMARTS) is 1. The van der Waals surface area contributed by atoms with Gasteiger partial charge in [0, 0.05) is 12.2 Å². The summed E-state index contributed by atoms with van der Waals surface area (Å²) in [6, 6.07) is 5.58. The van der Waals surface area contributed by atoms with Crippen LogP contribution in [-0.4, -0.2) is 22.1 Å². The van der Waals surface area contributed by atoms with E-state index in [1.54, 1.807) is 18.3 Å². The zero-order valence-electron chi connectivity index (χ0n) is 9.97. The van der Waals surface area contributed by atoms with Crippen molar-refractivity contribution in [3.05, 3.63) is 23.9 Å². The number of aromatic nitrogens is 1. The number of aliphatic carboxylic acids is 1. The van der Waals surface area contributed by atoms with Crippen molar-refractivity contribution in [1.29, 1.82) is 5.26 Å². The lowest BCUT2D eigenvalue weighted by atomic mass is 9.86. The van der Waals surface area contributed by atoms with E-state index in [4.69, 9.17) is 10.4 Å². The summed E-state index contributed by atoms with van der Waals surface area (Å²) in [7, 11) is 0. The van der Waals surface area contributed by atoms with Crippen LogP contribution in [0.2, 0.25) is 0 Å². The average molecular weight is 245 g/mol. The summed E-state index contributed by atoms with van der Waals surface area (Å²) in [4.78, 5) is 15.1. The largest absolute Gasteiger partial charge is 0.481 e. The van der Waals surface area contributed by atoms with E-state index >= 15 is 0 Å². The Morgan fingerprint density at radius 1 is 1.56 bits per heavy atom. The highest BCUT2D eigenvalue weighted by Crippen LogP contribution is 2.27. The van der Waals surface area contributed by atoms with Crippen LogP contribution in [0, 0.1) is 17.2 Å². The molecule has 0 aliphatic heterocycles. The van der Waals surface area contributed by atoms with Gasteiger partial charge in [-0.1, -0.05) is 6.42 Å². The van der Waals surface area contributed by atoms with Gasteiger partial charge in [-0.25, -0.2) is 4.98 Å². The maximum Gasteiger partial charge on any atom is 0.306 e. The van der Waals surface area contributed by atoms with Crippen molar-refractivity contribution < 1.29 is 9.90 Å². The summed E-state index contributed by atoms with van der Waals surface area (Å²) < 4.78 is 0. The SMILES string of the molecule is N#Cc1cccnc1NC1CCCC(C(=O)O)C1. The van der Waals surface area contributed by atoms with E-state index < -0.39 is 5.97 Å². The van der Waals surface area contributed by atoms with Gasteiger partial charge in [0.1, 0.15) is 11.9 Å². The van der Waals surface area contributed by atoms with E-state index in [-0.39, 0.29) is 12.0 Å². The molecule has 1 heterocycles. The van der Waals surface area contributed by atoms with Crippen LogP contribution < -0.4 is 5.32 Å². The second-order valence-corrected chi connectivity index (χ2v) is 4.55. The molecule has 1 aromatic heterocycles. The molecule has 1 aliphatic carbocycles. The van der Waals surface area contributed by atoms with Crippen LogP contribution in [0.3, 0.4) is 0 Å². The lowest BCUT2D eigenvalue weighted by molar-refractivity contribution is -0.142. The van der Waals surface area contributed by atoms with Crippen molar-refractivity contribution in [3.63, 3.8) is 0 Å². The molecule has 0 aromatic carbocycles. The standard InChI is InChI=1S/C13H15N3O2/c14-8-10-4-2-6-15-12(10)16-11-5-1-3-9(7-11)13(17)18/h2,4,6,9,11H,1,3,5,7H2,(H,15,16)(H,17,18). The molecule has 2 atom stereocenters. The normalized spacial score (nSPS) is 23.1. The Hall–Kier alpha value is -2.09. The molecule has 1 fully saturated rings. The first-order chi connectivity index (χ1) is 8.70. The number of hydrogen-bond acceptors (Lipinski definition) is 4. The Morgan fingerprint density at radius 2 is 2.39 bits per heavy atom. The van der Waals surface area contributed by atoms with Crippen LogP contribution in [0.4, 0.5) is 5.82 Å². The highest BCUT2D eigenvalue weighted by atomic mass is 16.4. The minimum absolute atomic E-state index is 0.0850. The van der Waals surface area contributed by atoms with E-state index in [1.807, 2.05) is 0 Å². The summed E-state index contributed by atoms with van der Waals surface area (Å²) in [5, 5.41) is 21.2. The highest BCUT2D eigenvalue weighted by molar-refractivity contribution is 5.70. The second kappa shape index (κ2) is 5.50. The topological polar surface area (TPSA) is 86.0 Å². The molecule has 0 saturated heterocycles. The van der Waals surface area contributed by atoms with Gasteiger partial charge in [-0.3, -0.25) is 4.79 Å². The van der Waals surface area contributed by atoms with Crippen molar-refractivity contribution >= 4 is 11.8 Å². The molecular formula is C13H15N3O2. The third-order valence-corrected chi connectivity index (χ3v) is 3.29. The quantitative estimate of drug-likeness (QED) is 0.850. The molecule has 0 bridgehead atoms. The van der Waals surface area contributed by atoms with E-state index in [0.29, 0.717) is 17.8 Å². The number of hydrogen-bond donors (Lipinski definition) is 2. The zero-order chi connectivity index (χ0) is 13.0. The minimum Gasteiger partial charge on any atom is -0.481 e. The molecular weight excluding hydrogens is 230 g/mol. The summed E-state index contributed by atoms with van der Waals surface area (Å²) in [5.41, 5.74) is 0.495. The van der Waals surface area contributed by atoms with Crippen LogP contribution in [0.15, 0.2) is 18.3 Å². The van der Waals surface area contributed by atoms with Crippen molar-refractivity contribution in [2.45, 2.75) is 31.7 Å². The van der Waals surface area contributed by atoms with Crippen molar-refractivity contribution in [3.8, 4) is 6.07 Å². The van der Waals surface area contributed by atoms with E-state index in [2.05, 4.69) is 16.4 Å². The maximum absolute atomic E-state index is 11.0. The predicted octanol–water partition coefficient (Wildman–Crippen LogP) is 2.01. The van der Waals surface area contributed by atoms with Gasteiger partial charge in [-0.15, -0.1) is 0 Å². The van der Waals surface area contributed by atoms with Gasteiger partial charge < -0.3 is 10.4 Å². The molecule has 1 saturated carbocycles. The van der Waals surface area contributed by atoms with Gasteiger partial charge in [0.2, 0.25) is 0 Å². The number of nitrogens with zero attached hydrogens (tertiary/aromatic N) is 2. The van der Waals surface area contributed by atoms with Crippen LogP contribution in [0.5, 0.6) is 0 Å². The number of pyridine rings is 1. The Bertz CT molecular complexity index is 481. The molecule has 5 nitrogen and oxygen atoms in total. The molecule has 0 spiro atoms. The van der Waals surface area contributed by atoms with Crippen LogP contribution >= 0.6 is 0 Å². The number of nitriles is 1. The Labute approximate surface area is 105 Å². The zero-order valence-corrected chi connectivity index (χ0v) is 9.97. The molecule has 18 heavy (non-hydrogen) atoms. The minimum atomic E-state index is -0.733. The maximum atomic E-state index is 11.0. The fraction of sp³-hybridized carbons (Fsp3) is 0.462. The highest BCUT2D eigenvalue weighted by Gasteiger charge is 2.27. The fourth-order valence-electron chi connectivity index (χ4n) is 2.35. The molecule has 0 radical (unpaired) electrons. The number of nitrogens with one attached hydrogen (secondary N) is 1. The first-order valence-corrected chi connectivity index (χ1v) is 6.05. The summed E-state index contributed by atoms with van der Waals surface area (Å²) in [5.74, 6) is -0.468. The molecule has 2 rings (SSSR count). The average Bonchev–Trinajstić information content (AvgIpc) is 2.39. The third-order valence-electron chi connectivity index (χ3n) is 3.29. The predicted molar refractivity (Wildman–Crippen MR) is 66.0 cm³/mol. The summed E-state index contributed by atoms with van der Waals surface area (Å²) in [6.07, 6.45) is 4.77. The molecule has 0 amide bonds. The van der Waals surface area contributed by atoms with E-state index in [1.165, 1.54) is 0 Å². The molecule has 2 unspecified atom stereocenters. The lowest BCUT2D eigenvalue weighted by Crippen LogP contribution is -2.31. The first-order valence-electron chi connectivity index (χ1n) is 6.05. The van der Waals surface area contributed by atoms with E-state index in [0.717, 1.165) is 19.3 Å². The molecule has 2 N–H and O–H groups in total. The summed E-state index contributed by atoms with van der Waals surface area (Å²) >= 11 is 0.